The Morgan fingerprint density at radius 3 is 2.67 bits per heavy atom. The third-order valence-corrected chi connectivity index (χ3v) is 5.66. The molecular weight excluding hydrogens is 431 g/mol. The molecule has 170 valence electrons. The Kier molecular flexibility index (Phi) is 5.88. The third kappa shape index (κ3) is 3.94. The van der Waals surface area contributed by atoms with Gasteiger partial charge in [-0.2, -0.15) is 0 Å². The molecule has 0 saturated carbocycles. The smallest absolute Gasteiger partial charge is 0.295 e. The quantitative estimate of drug-likeness (QED) is 0.156. The van der Waals surface area contributed by atoms with Crippen molar-refractivity contribution in [1.29, 1.82) is 5.41 Å². The number of nitrogens with one attached hydrogen (secondary N) is 3. The van der Waals surface area contributed by atoms with Crippen molar-refractivity contribution in [2.75, 3.05) is 19.6 Å². The summed E-state index contributed by atoms with van der Waals surface area (Å²) >= 11 is 0. The van der Waals surface area contributed by atoms with E-state index in [1.165, 1.54) is 23.4 Å². The molecule has 2 aromatic heterocycles. The van der Waals surface area contributed by atoms with Crippen LogP contribution in [0.4, 0.5) is 4.39 Å². The molecule has 0 bridgehead atoms. The summed E-state index contributed by atoms with van der Waals surface area (Å²) in [5.41, 5.74) is 2.06. The number of rotatable bonds is 4. The highest BCUT2D eigenvalue weighted by Crippen LogP contribution is 2.26. The second-order valence-electron chi connectivity index (χ2n) is 7.68. The van der Waals surface area contributed by atoms with Crippen LogP contribution in [0, 0.1) is 11.2 Å². The van der Waals surface area contributed by atoms with E-state index < -0.39 is 29.4 Å². The van der Waals surface area contributed by atoms with Gasteiger partial charge >= 0.3 is 0 Å². The number of carbonyl (C=O) groups is 3. The maximum absolute atomic E-state index is 14.6. The van der Waals surface area contributed by atoms with Gasteiger partial charge in [-0.1, -0.05) is 6.07 Å². The van der Waals surface area contributed by atoms with E-state index in [2.05, 4.69) is 9.97 Å². The van der Waals surface area contributed by atoms with Crippen LogP contribution in [0.25, 0.3) is 10.9 Å². The Balaban J connectivity index is 1.55. The maximum Gasteiger partial charge on any atom is 0.295 e. The van der Waals surface area contributed by atoms with Crippen molar-refractivity contribution in [2.24, 2.45) is 0 Å². The van der Waals surface area contributed by atoms with Crippen LogP contribution in [0.2, 0.25) is 0 Å². The van der Waals surface area contributed by atoms with Gasteiger partial charge in [-0.3, -0.25) is 35.5 Å². The van der Waals surface area contributed by atoms with Gasteiger partial charge in [0.05, 0.1) is 11.1 Å². The second-order valence-corrected chi connectivity index (χ2v) is 7.68. The SMILES string of the molecule is CC1CN(C(=O)c2ccccn2)CCN1C(=O)C(=O)c1c[nH]c2c(C(=N)NO)ccc(F)c12. The molecule has 1 aromatic carbocycles. The third-order valence-electron chi connectivity index (χ3n) is 5.66. The first-order valence-corrected chi connectivity index (χ1v) is 10.2. The van der Waals surface area contributed by atoms with Gasteiger partial charge in [0.15, 0.2) is 5.84 Å². The van der Waals surface area contributed by atoms with E-state index in [1.807, 2.05) is 0 Å². The summed E-state index contributed by atoms with van der Waals surface area (Å²) in [5, 5.41) is 16.6. The Hall–Kier alpha value is -4.12. The highest BCUT2D eigenvalue weighted by Gasteiger charge is 2.35. The monoisotopic (exact) mass is 452 g/mol. The van der Waals surface area contributed by atoms with Crippen molar-refractivity contribution in [3.63, 3.8) is 0 Å². The number of nitrogens with zero attached hydrogens (tertiary/aromatic N) is 3. The summed E-state index contributed by atoms with van der Waals surface area (Å²) in [5.74, 6) is -3.11. The van der Waals surface area contributed by atoms with E-state index in [1.54, 1.807) is 35.5 Å². The summed E-state index contributed by atoms with van der Waals surface area (Å²) < 4.78 is 14.6. The molecular formula is C22H21FN6O4. The summed E-state index contributed by atoms with van der Waals surface area (Å²) in [6.45, 7) is 2.31. The zero-order valence-electron chi connectivity index (χ0n) is 17.6. The first kappa shape index (κ1) is 22.1. The molecule has 1 atom stereocenters. The number of piperazine rings is 1. The highest BCUT2D eigenvalue weighted by molar-refractivity contribution is 6.45. The molecule has 3 aromatic rings. The minimum absolute atomic E-state index is 0.108. The van der Waals surface area contributed by atoms with Crippen LogP contribution < -0.4 is 5.48 Å². The standard InChI is InChI=1S/C22H21FN6O4/c1-12-11-28(21(31)16-4-2-3-7-25-16)8-9-29(12)22(32)19(30)14-10-26-18-13(20(24)27-33)5-6-15(23)17(14)18/h2-7,10,12,26,33H,8-9,11H2,1H3,(H2,24,27). The molecule has 0 radical (unpaired) electrons. The number of carbonyl (C=O) groups excluding carboxylic acids is 3. The first-order valence-electron chi connectivity index (χ1n) is 10.2. The number of pyridine rings is 1. The number of benzene rings is 1. The summed E-state index contributed by atoms with van der Waals surface area (Å²) in [4.78, 5) is 48.4. The predicted octanol–water partition coefficient (Wildman–Crippen LogP) is 1.56. The van der Waals surface area contributed by atoms with Gasteiger partial charge in [0.25, 0.3) is 17.6 Å². The Labute approximate surface area is 187 Å². The zero-order chi connectivity index (χ0) is 23.7. The van der Waals surface area contributed by atoms with E-state index in [9.17, 15) is 18.8 Å². The van der Waals surface area contributed by atoms with Gasteiger partial charge in [-0.15, -0.1) is 0 Å². The van der Waals surface area contributed by atoms with Gasteiger partial charge in [0.2, 0.25) is 0 Å². The number of fused-ring (bicyclic) bond motifs is 1. The number of hydroxylamine groups is 1. The van der Waals surface area contributed by atoms with Crippen molar-refractivity contribution in [2.45, 2.75) is 13.0 Å². The number of hydrogen-bond acceptors (Lipinski definition) is 6. The van der Waals surface area contributed by atoms with Crippen LogP contribution in [-0.4, -0.2) is 74.1 Å². The molecule has 4 rings (SSSR count). The number of halogens is 1. The number of hydrogen-bond donors (Lipinski definition) is 4. The molecule has 1 aliphatic heterocycles. The second kappa shape index (κ2) is 8.79. The van der Waals surface area contributed by atoms with E-state index in [-0.39, 0.29) is 47.6 Å². The molecule has 0 spiro atoms. The van der Waals surface area contributed by atoms with Gasteiger partial charge in [-0.25, -0.2) is 4.39 Å². The summed E-state index contributed by atoms with van der Waals surface area (Å²) in [7, 11) is 0. The lowest BCUT2D eigenvalue weighted by atomic mass is 10.0. The fraction of sp³-hybridized carbons (Fsp3) is 0.227. The number of H-pyrrole nitrogens is 1. The van der Waals surface area contributed by atoms with Crippen LogP contribution in [0.3, 0.4) is 0 Å². The number of ketones is 1. The number of amides is 2. The van der Waals surface area contributed by atoms with Crippen molar-refractivity contribution in [1.82, 2.24) is 25.2 Å². The van der Waals surface area contributed by atoms with Gasteiger partial charge in [0, 0.05) is 49.0 Å². The number of aromatic nitrogens is 2. The summed E-state index contributed by atoms with van der Waals surface area (Å²) in [6, 6.07) is 6.92. The molecule has 4 N–H and O–H groups in total. The minimum Gasteiger partial charge on any atom is -0.360 e. The van der Waals surface area contributed by atoms with Crippen LogP contribution in [0.5, 0.6) is 0 Å². The fourth-order valence-electron chi connectivity index (χ4n) is 4.00. The van der Waals surface area contributed by atoms with E-state index in [0.717, 1.165) is 6.07 Å². The topological polar surface area (TPSA) is 142 Å². The average Bonchev–Trinajstić information content (AvgIpc) is 3.29. The Morgan fingerprint density at radius 1 is 1.21 bits per heavy atom. The molecule has 2 amide bonds. The molecule has 3 heterocycles. The summed E-state index contributed by atoms with van der Waals surface area (Å²) in [6.07, 6.45) is 2.74. The van der Waals surface area contributed by atoms with Gasteiger partial charge < -0.3 is 14.8 Å². The fourth-order valence-corrected chi connectivity index (χ4v) is 4.00. The van der Waals surface area contributed by atoms with Crippen LogP contribution in [-0.2, 0) is 4.79 Å². The van der Waals surface area contributed by atoms with Crippen molar-refractivity contribution in [3.05, 3.63) is 65.4 Å². The predicted molar refractivity (Wildman–Crippen MR) is 116 cm³/mol. The number of Topliss-reactive ketones (excluding diaryl/α,β-unsaturated/α-hetero) is 1. The number of amidine groups is 1. The van der Waals surface area contributed by atoms with E-state index in [4.69, 9.17) is 10.6 Å². The normalized spacial score (nSPS) is 16.0. The maximum atomic E-state index is 14.6. The van der Waals surface area contributed by atoms with Crippen LogP contribution >= 0.6 is 0 Å². The minimum atomic E-state index is -0.905. The lowest BCUT2D eigenvalue weighted by Crippen LogP contribution is -2.56. The first-order chi connectivity index (χ1) is 15.8. The molecule has 11 heteroatoms. The van der Waals surface area contributed by atoms with Crippen molar-refractivity contribution >= 4 is 34.3 Å². The molecule has 1 saturated heterocycles. The molecule has 1 unspecified atom stereocenters. The Morgan fingerprint density at radius 2 is 2.00 bits per heavy atom. The lowest BCUT2D eigenvalue weighted by Gasteiger charge is -2.39. The van der Waals surface area contributed by atoms with Crippen molar-refractivity contribution in [3.8, 4) is 0 Å². The molecule has 0 aliphatic carbocycles. The molecule has 33 heavy (non-hydrogen) atoms. The zero-order valence-corrected chi connectivity index (χ0v) is 17.6. The number of aromatic amines is 1. The van der Waals surface area contributed by atoms with Gasteiger partial charge in [0.1, 0.15) is 11.5 Å². The van der Waals surface area contributed by atoms with Crippen LogP contribution in [0.1, 0.15) is 33.3 Å². The van der Waals surface area contributed by atoms with E-state index >= 15 is 0 Å². The van der Waals surface area contributed by atoms with Crippen molar-refractivity contribution < 1.29 is 24.0 Å². The lowest BCUT2D eigenvalue weighted by molar-refractivity contribution is -0.130. The molecule has 1 aliphatic rings. The van der Waals surface area contributed by atoms with Crippen LogP contribution in [0.15, 0.2) is 42.7 Å². The van der Waals surface area contributed by atoms with Gasteiger partial charge in [-0.05, 0) is 31.2 Å². The highest BCUT2D eigenvalue weighted by atomic mass is 19.1. The van der Waals surface area contributed by atoms with E-state index in [0.29, 0.717) is 5.69 Å². The largest absolute Gasteiger partial charge is 0.360 e. The molecule has 1 fully saturated rings. The molecule has 10 nitrogen and oxygen atoms in total. The average molecular weight is 452 g/mol. The Bertz CT molecular complexity index is 1260.